The molecule has 1 rings (SSSR count). The first-order valence-corrected chi connectivity index (χ1v) is 4.50. The fraction of sp³-hybridized carbons (Fsp3) is 0.556. The fourth-order valence-corrected chi connectivity index (χ4v) is 1.01. The number of halogens is 1. The van der Waals surface area contributed by atoms with Gasteiger partial charge in [0.25, 0.3) is 0 Å². The molecule has 1 atom stereocenters. The molecule has 0 spiro atoms. The first-order valence-electron chi connectivity index (χ1n) is 4.50. The summed E-state index contributed by atoms with van der Waals surface area (Å²) in [5.41, 5.74) is 6.71. The van der Waals surface area contributed by atoms with Crippen LogP contribution in [-0.4, -0.2) is 17.6 Å². The summed E-state index contributed by atoms with van der Waals surface area (Å²) in [7, 11) is 0. The van der Waals surface area contributed by atoms with Crippen LogP contribution in [-0.2, 0) is 4.79 Å². The van der Waals surface area contributed by atoms with Gasteiger partial charge in [0.05, 0.1) is 0 Å². The highest BCUT2D eigenvalue weighted by Gasteiger charge is 2.15. The van der Waals surface area contributed by atoms with Crippen molar-refractivity contribution in [1.82, 2.24) is 5.16 Å². The molecule has 0 bridgehead atoms. The Morgan fingerprint density at radius 1 is 1.60 bits per heavy atom. The van der Waals surface area contributed by atoms with Crippen LogP contribution in [0.3, 0.4) is 0 Å². The molecule has 3 N–H and O–H groups in total. The first-order chi connectivity index (χ1) is 6.56. The van der Waals surface area contributed by atoms with E-state index >= 15 is 0 Å². The van der Waals surface area contributed by atoms with E-state index in [1.165, 1.54) is 0 Å². The Morgan fingerprint density at radius 2 is 2.20 bits per heavy atom. The van der Waals surface area contributed by atoms with Crippen LogP contribution in [0.4, 0.5) is 5.69 Å². The summed E-state index contributed by atoms with van der Waals surface area (Å²) >= 11 is 0. The lowest BCUT2D eigenvalue weighted by Crippen LogP contribution is -2.27. The zero-order chi connectivity index (χ0) is 10.7. The summed E-state index contributed by atoms with van der Waals surface area (Å²) in [6.45, 7) is 5.63. The maximum atomic E-state index is 11.5. The number of nitrogens with one attached hydrogen (secondary N) is 1. The molecule has 0 aromatic carbocycles. The van der Waals surface area contributed by atoms with Crippen LogP contribution in [0.25, 0.3) is 0 Å². The molecule has 1 aromatic rings. The second-order valence-corrected chi connectivity index (χ2v) is 3.33. The number of hydrogen-bond acceptors (Lipinski definition) is 4. The van der Waals surface area contributed by atoms with Crippen molar-refractivity contribution in [2.45, 2.75) is 20.8 Å². The van der Waals surface area contributed by atoms with Crippen LogP contribution < -0.4 is 11.1 Å². The lowest BCUT2D eigenvalue weighted by Gasteiger charge is -2.08. The highest BCUT2D eigenvalue weighted by molar-refractivity contribution is 5.93. The first kappa shape index (κ1) is 13.9. The van der Waals surface area contributed by atoms with E-state index < -0.39 is 0 Å². The predicted molar refractivity (Wildman–Crippen MR) is 60.1 cm³/mol. The Hall–Kier alpha value is -1.07. The largest absolute Gasteiger partial charge is 0.359 e. The summed E-state index contributed by atoms with van der Waals surface area (Å²) in [6, 6.07) is 0. The normalized spacial score (nSPS) is 11.7. The minimum Gasteiger partial charge on any atom is -0.359 e. The predicted octanol–water partition coefficient (Wildman–Crippen LogP) is 1.25. The minimum atomic E-state index is -0.205. The zero-order valence-electron chi connectivity index (χ0n) is 9.03. The van der Waals surface area contributed by atoms with Gasteiger partial charge in [-0.2, -0.15) is 0 Å². The van der Waals surface area contributed by atoms with Crippen LogP contribution in [0.1, 0.15) is 18.4 Å². The molecule has 6 heteroatoms. The number of anilines is 1. The molecule has 1 unspecified atom stereocenters. The van der Waals surface area contributed by atoms with Gasteiger partial charge in [-0.3, -0.25) is 4.79 Å². The number of nitrogens with zero attached hydrogens (tertiary/aromatic N) is 1. The summed E-state index contributed by atoms with van der Waals surface area (Å²) in [4.78, 5) is 11.5. The van der Waals surface area contributed by atoms with Gasteiger partial charge < -0.3 is 15.6 Å². The average molecular weight is 234 g/mol. The number of aromatic nitrogens is 1. The van der Waals surface area contributed by atoms with Crippen LogP contribution in [0.15, 0.2) is 4.52 Å². The third-order valence-corrected chi connectivity index (χ3v) is 2.08. The van der Waals surface area contributed by atoms with E-state index in [-0.39, 0.29) is 24.2 Å². The number of rotatable bonds is 3. The van der Waals surface area contributed by atoms with Gasteiger partial charge in [0.15, 0.2) is 5.76 Å². The lowest BCUT2D eigenvalue weighted by atomic mass is 10.1. The molecular weight excluding hydrogens is 218 g/mol. The third-order valence-electron chi connectivity index (χ3n) is 2.08. The quantitative estimate of drug-likeness (QED) is 0.823. The Morgan fingerprint density at radius 3 is 2.60 bits per heavy atom. The SMILES string of the molecule is Cc1noc(C)c1NC(=O)C(C)CN.Cl. The molecule has 0 radical (unpaired) electrons. The lowest BCUT2D eigenvalue weighted by molar-refractivity contribution is -0.119. The van der Waals surface area contributed by atoms with E-state index in [1.807, 2.05) is 0 Å². The van der Waals surface area contributed by atoms with Crippen molar-refractivity contribution in [3.8, 4) is 0 Å². The number of nitrogens with two attached hydrogens (primary N) is 1. The molecular formula is C9H16ClN3O2. The molecule has 0 saturated carbocycles. The minimum absolute atomic E-state index is 0. The van der Waals surface area contributed by atoms with Gasteiger partial charge in [-0.15, -0.1) is 12.4 Å². The molecule has 0 saturated heterocycles. The van der Waals surface area contributed by atoms with Crippen LogP contribution >= 0.6 is 12.4 Å². The van der Waals surface area contributed by atoms with E-state index in [1.54, 1.807) is 20.8 Å². The van der Waals surface area contributed by atoms with Crippen molar-refractivity contribution in [1.29, 1.82) is 0 Å². The second kappa shape index (κ2) is 5.72. The number of carbonyl (C=O) groups is 1. The van der Waals surface area contributed by atoms with E-state index in [0.29, 0.717) is 23.7 Å². The topological polar surface area (TPSA) is 81.2 Å². The van der Waals surface area contributed by atoms with Gasteiger partial charge in [-0.1, -0.05) is 12.1 Å². The number of carbonyl (C=O) groups excluding carboxylic acids is 1. The highest BCUT2D eigenvalue weighted by atomic mass is 35.5. The van der Waals surface area contributed by atoms with Gasteiger partial charge in [-0.25, -0.2) is 0 Å². The van der Waals surface area contributed by atoms with Crippen LogP contribution in [0, 0.1) is 19.8 Å². The van der Waals surface area contributed by atoms with Crippen molar-refractivity contribution in [2.24, 2.45) is 11.7 Å². The van der Waals surface area contributed by atoms with Gasteiger partial charge >= 0.3 is 0 Å². The molecule has 0 fully saturated rings. The van der Waals surface area contributed by atoms with E-state index in [9.17, 15) is 4.79 Å². The Balaban J connectivity index is 0.00000196. The molecule has 0 aliphatic rings. The Kier molecular flexibility index (Phi) is 5.32. The van der Waals surface area contributed by atoms with E-state index in [4.69, 9.17) is 10.3 Å². The van der Waals surface area contributed by atoms with Gasteiger partial charge in [0.1, 0.15) is 11.4 Å². The number of aryl methyl sites for hydroxylation is 2. The Labute approximate surface area is 94.8 Å². The molecule has 15 heavy (non-hydrogen) atoms. The average Bonchev–Trinajstić information content (AvgIpc) is 2.48. The maximum Gasteiger partial charge on any atom is 0.228 e. The van der Waals surface area contributed by atoms with Gasteiger partial charge in [-0.05, 0) is 13.8 Å². The highest BCUT2D eigenvalue weighted by Crippen LogP contribution is 2.19. The van der Waals surface area contributed by atoms with E-state index in [2.05, 4.69) is 10.5 Å². The van der Waals surface area contributed by atoms with Gasteiger partial charge in [0, 0.05) is 12.5 Å². The smallest absolute Gasteiger partial charge is 0.228 e. The van der Waals surface area contributed by atoms with Crippen molar-refractivity contribution < 1.29 is 9.32 Å². The molecule has 1 amide bonds. The van der Waals surface area contributed by atoms with Gasteiger partial charge in [0.2, 0.25) is 5.91 Å². The zero-order valence-corrected chi connectivity index (χ0v) is 9.85. The van der Waals surface area contributed by atoms with Crippen molar-refractivity contribution in [3.63, 3.8) is 0 Å². The summed E-state index contributed by atoms with van der Waals surface area (Å²) in [5.74, 6) is 0.297. The Bertz CT molecular complexity index is 319. The standard InChI is InChI=1S/C9H15N3O2.ClH/c1-5(4-10)9(13)11-8-6(2)12-14-7(8)3;/h5H,4,10H2,1-3H3,(H,11,13);1H. The third kappa shape index (κ3) is 3.21. The second-order valence-electron chi connectivity index (χ2n) is 3.33. The number of hydrogen-bond donors (Lipinski definition) is 2. The van der Waals surface area contributed by atoms with E-state index in [0.717, 1.165) is 0 Å². The van der Waals surface area contributed by atoms with Crippen LogP contribution in [0.2, 0.25) is 0 Å². The van der Waals surface area contributed by atoms with Crippen molar-refractivity contribution in [3.05, 3.63) is 11.5 Å². The molecule has 1 heterocycles. The molecule has 0 aliphatic carbocycles. The van der Waals surface area contributed by atoms with Crippen LogP contribution in [0.5, 0.6) is 0 Å². The van der Waals surface area contributed by atoms with Crippen molar-refractivity contribution in [2.75, 3.05) is 11.9 Å². The number of amides is 1. The molecule has 1 aromatic heterocycles. The summed E-state index contributed by atoms with van der Waals surface area (Å²) in [5, 5.41) is 6.47. The fourth-order valence-electron chi connectivity index (χ4n) is 1.01. The van der Waals surface area contributed by atoms with Crippen molar-refractivity contribution >= 4 is 24.0 Å². The maximum absolute atomic E-state index is 11.5. The molecule has 86 valence electrons. The summed E-state index contributed by atoms with van der Waals surface area (Å²) < 4.78 is 4.91. The molecule has 5 nitrogen and oxygen atoms in total. The monoisotopic (exact) mass is 233 g/mol. The molecule has 0 aliphatic heterocycles. The summed E-state index contributed by atoms with van der Waals surface area (Å²) in [6.07, 6.45) is 0.